The van der Waals surface area contributed by atoms with Crippen LogP contribution in [0.2, 0.25) is 0 Å². The SMILES string of the molecule is CCOC(=O)c1ccc(N2CC[C@H](Nc3ncccn3)[C@@H](OC)[C@H]2C)cc1. The molecular formula is C20H26N4O3. The summed E-state index contributed by atoms with van der Waals surface area (Å²) in [6.45, 7) is 5.19. The largest absolute Gasteiger partial charge is 0.462 e. The smallest absolute Gasteiger partial charge is 0.338 e. The molecule has 2 heterocycles. The van der Waals surface area contributed by atoms with E-state index < -0.39 is 0 Å². The van der Waals surface area contributed by atoms with E-state index in [4.69, 9.17) is 9.47 Å². The van der Waals surface area contributed by atoms with Crippen molar-refractivity contribution >= 4 is 17.6 Å². The normalized spacial score (nSPS) is 22.3. The molecule has 0 unspecified atom stereocenters. The molecule has 7 heteroatoms. The van der Waals surface area contributed by atoms with Crippen molar-refractivity contribution < 1.29 is 14.3 Å². The monoisotopic (exact) mass is 370 g/mol. The van der Waals surface area contributed by atoms with E-state index in [0.29, 0.717) is 18.1 Å². The molecule has 1 aliphatic heterocycles. The molecule has 7 nitrogen and oxygen atoms in total. The van der Waals surface area contributed by atoms with Gasteiger partial charge in [0, 0.05) is 31.7 Å². The average Bonchev–Trinajstić information content (AvgIpc) is 2.69. The Balaban J connectivity index is 1.70. The number of anilines is 2. The second kappa shape index (κ2) is 8.81. The highest BCUT2D eigenvalue weighted by atomic mass is 16.5. The van der Waals surface area contributed by atoms with Gasteiger partial charge in [0.2, 0.25) is 5.95 Å². The minimum absolute atomic E-state index is 0.0210. The minimum atomic E-state index is -0.294. The number of benzene rings is 1. The second-order valence-electron chi connectivity index (χ2n) is 6.51. The standard InChI is InChI=1S/C20H26N4O3/c1-4-27-19(25)15-6-8-16(9-7-15)24-13-10-17(18(26-3)14(24)2)23-20-21-11-5-12-22-20/h5-9,11-12,14,17-18H,4,10,13H2,1-3H3,(H,21,22,23)/t14-,17+,18+/m1/s1. The quantitative estimate of drug-likeness (QED) is 0.784. The molecule has 1 saturated heterocycles. The molecule has 0 amide bonds. The third-order valence-electron chi connectivity index (χ3n) is 4.91. The Labute approximate surface area is 159 Å². The predicted octanol–water partition coefficient (Wildman–Crippen LogP) is 2.75. The molecule has 1 aromatic heterocycles. The summed E-state index contributed by atoms with van der Waals surface area (Å²) in [5.74, 6) is 0.321. The van der Waals surface area contributed by atoms with Gasteiger partial charge >= 0.3 is 5.97 Å². The number of esters is 1. The Kier molecular flexibility index (Phi) is 6.24. The van der Waals surface area contributed by atoms with E-state index in [1.807, 2.05) is 24.3 Å². The van der Waals surface area contributed by atoms with Crippen LogP contribution in [0.25, 0.3) is 0 Å². The molecule has 1 aliphatic rings. The maximum absolute atomic E-state index is 11.8. The van der Waals surface area contributed by atoms with Gasteiger partial charge in [0.05, 0.1) is 30.4 Å². The highest BCUT2D eigenvalue weighted by molar-refractivity contribution is 5.89. The molecule has 1 N–H and O–H groups in total. The second-order valence-corrected chi connectivity index (χ2v) is 6.51. The number of nitrogens with zero attached hydrogens (tertiary/aromatic N) is 3. The number of hydrogen-bond acceptors (Lipinski definition) is 7. The maximum atomic E-state index is 11.8. The first-order chi connectivity index (χ1) is 13.1. The van der Waals surface area contributed by atoms with Crippen LogP contribution in [0.3, 0.4) is 0 Å². The summed E-state index contributed by atoms with van der Waals surface area (Å²) < 4.78 is 10.8. The van der Waals surface area contributed by atoms with Crippen LogP contribution < -0.4 is 10.2 Å². The Bertz CT molecular complexity index is 739. The van der Waals surface area contributed by atoms with Crippen LogP contribution in [0.1, 0.15) is 30.6 Å². The number of nitrogens with one attached hydrogen (secondary N) is 1. The van der Waals surface area contributed by atoms with Gasteiger partial charge in [0.25, 0.3) is 0 Å². The van der Waals surface area contributed by atoms with Crippen LogP contribution >= 0.6 is 0 Å². The van der Waals surface area contributed by atoms with Crippen LogP contribution in [0.5, 0.6) is 0 Å². The van der Waals surface area contributed by atoms with Crippen molar-refractivity contribution in [3.05, 3.63) is 48.3 Å². The number of methoxy groups -OCH3 is 1. The van der Waals surface area contributed by atoms with Crippen molar-refractivity contribution in [1.82, 2.24) is 9.97 Å². The molecule has 0 spiro atoms. The van der Waals surface area contributed by atoms with Gasteiger partial charge in [-0.15, -0.1) is 0 Å². The van der Waals surface area contributed by atoms with E-state index in [0.717, 1.165) is 18.7 Å². The van der Waals surface area contributed by atoms with Crippen LogP contribution in [0, 0.1) is 0 Å². The van der Waals surface area contributed by atoms with Crippen molar-refractivity contribution in [3.8, 4) is 0 Å². The molecule has 2 aromatic rings. The van der Waals surface area contributed by atoms with Gasteiger partial charge < -0.3 is 19.7 Å². The molecule has 1 aromatic carbocycles. The number of hydrogen-bond donors (Lipinski definition) is 1. The van der Waals surface area contributed by atoms with Crippen LogP contribution in [-0.4, -0.2) is 54.4 Å². The van der Waals surface area contributed by atoms with Gasteiger partial charge in [-0.25, -0.2) is 14.8 Å². The van der Waals surface area contributed by atoms with Crippen molar-refractivity contribution in [3.63, 3.8) is 0 Å². The van der Waals surface area contributed by atoms with E-state index in [2.05, 4.69) is 27.1 Å². The lowest BCUT2D eigenvalue weighted by Crippen LogP contribution is -2.56. The summed E-state index contributed by atoms with van der Waals surface area (Å²) in [6.07, 6.45) is 4.31. The molecule has 3 rings (SSSR count). The minimum Gasteiger partial charge on any atom is -0.462 e. The van der Waals surface area contributed by atoms with Crippen LogP contribution in [0.4, 0.5) is 11.6 Å². The lowest BCUT2D eigenvalue weighted by Gasteiger charge is -2.44. The Hall–Kier alpha value is -2.67. The summed E-state index contributed by atoms with van der Waals surface area (Å²) in [5.41, 5.74) is 1.63. The van der Waals surface area contributed by atoms with Crippen molar-refractivity contribution in [1.29, 1.82) is 0 Å². The lowest BCUT2D eigenvalue weighted by atomic mass is 9.94. The fraction of sp³-hybridized carbons (Fsp3) is 0.450. The van der Waals surface area contributed by atoms with E-state index in [1.54, 1.807) is 32.5 Å². The fourth-order valence-electron chi connectivity index (χ4n) is 3.58. The molecule has 0 saturated carbocycles. The topological polar surface area (TPSA) is 76.6 Å². The Morgan fingerprint density at radius 2 is 1.96 bits per heavy atom. The van der Waals surface area contributed by atoms with E-state index in [-0.39, 0.29) is 24.2 Å². The zero-order chi connectivity index (χ0) is 19.2. The van der Waals surface area contributed by atoms with Gasteiger partial charge in [-0.05, 0) is 50.6 Å². The zero-order valence-corrected chi connectivity index (χ0v) is 16.0. The molecule has 27 heavy (non-hydrogen) atoms. The number of carbonyl (C=O) groups excluding carboxylic acids is 1. The first kappa shape index (κ1) is 19.1. The Morgan fingerprint density at radius 3 is 2.59 bits per heavy atom. The third-order valence-corrected chi connectivity index (χ3v) is 4.91. The third kappa shape index (κ3) is 4.36. The van der Waals surface area contributed by atoms with E-state index >= 15 is 0 Å². The first-order valence-corrected chi connectivity index (χ1v) is 9.24. The van der Waals surface area contributed by atoms with Crippen LogP contribution in [-0.2, 0) is 9.47 Å². The molecule has 144 valence electrons. The Morgan fingerprint density at radius 1 is 1.26 bits per heavy atom. The number of rotatable bonds is 6. The molecule has 3 atom stereocenters. The van der Waals surface area contributed by atoms with Gasteiger partial charge in [0.1, 0.15) is 0 Å². The van der Waals surface area contributed by atoms with E-state index in [1.165, 1.54) is 0 Å². The molecular weight excluding hydrogens is 344 g/mol. The van der Waals surface area contributed by atoms with Gasteiger partial charge in [-0.1, -0.05) is 0 Å². The van der Waals surface area contributed by atoms with Crippen LogP contribution in [0.15, 0.2) is 42.7 Å². The number of carbonyl (C=O) groups is 1. The van der Waals surface area contributed by atoms with Crippen molar-refractivity contribution in [2.24, 2.45) is 0 Å². The number of ether oxygens (including phenoxy) is 2. The number of aromatic nitrogens is 2. The zero-order valence-electron chi connectivity index (χ0n) is 16.0. The van der Waals surface area contributed by atoms with Gasteiger partial charge in [-0.3, -0.25) is 0 Å². The highest BCUT2D eigenvalue weighted by Gasteiger charge is 2.36. The first-order valence-electron chi connectivity index (χ1n) is 9.24. The summed E-state index contributed by atoms with van der Waals surface area (Å²) >= 11 is 0. The van der Waals surface area contributed by atoms with Gasteiger partial charge in [0.15, 0.2) is 0 Å². The van der Waals surface area contributed by atoms with Gasteiger partial charge in [-0.2, -0.15) is 0 Å². The lowest BCUT2D eigenvalue weighted by molar-refractivity contribution is 0.0522. The molecule has 0 aliphatic carbocycles. The predicted molar refractivity (Wildman–Crippen MR) is 104 cm³/mol. The summed E-state index contributed by atoms with van der Waals surface area (Å²) in [7, 11) is 1.73. The molecule has 0 radical (unpaired) electrons. The average molecular weight is 370 g/mol. The van der Waals surface area contributed by atoms with Crippen molar-refractivity contribution in [2.75, 3.05) is 30.5 Å². The fourth-order valence-corrected chi connectivity index (χ4v) is 3.58. The highest BCUT2D eigenvalue weighted by Crippen LogP contribution is 2.28. The number of piperidine rings is 1. The summed E-state index contributed by atoms with van der Waals surface area (Å²) in [6, 6.07) is 9.62. The van der Waals surface area contributed by atoms with Crippen molar-refractivity contribution in [2.45, 2.75) is 38.5 Å². The van der Waals surface area contributed by atoms with E-state index in [9.17, 15) is 4.79 Å². The maximum Gasteiger partial charge on any atom is 0.338 e. The molecule has 1 fully saturated rings. The summed E-state index contributed by atoms with van der Waals surface area (Å²) in [5, 5.41) is 3.39. The summed E-state index contributed by atoms with van der Waals surface area (Å²) in [4.78, 5) is 22.6. The molecule has 0 bridgehead atoms.